The fourth-order valence-electron chi connectivity index (χ4n) is 1.52. The van der Waals surface area contributed by atoms with Gasteiger partial charge in [0.05, 0.1) is 0 Å². The maximum atomic E-state index is 5.98. The molecule has 0 fully saturated rings. The Morgan fingerprint density at radius 3 is 2.69 bits per heavy atom. The van der Waals surface area contributed by atoms with Crippen LogP contribution in [-0.4, -0.2) is 14.3 Å². The highest BCUT2D eigenvalue weighted by atomic mass is 35.5. The Balaban J connectivity index is 2.30. The van der Waals surface area contributed by atoms with Crippen LogP contribution in [0.1, 0.15) is 0 Å². The highest BCUT2D eigenvalue weighted by molar-refractivity contribution is 7.14. The van der Waals surface area contributed by atoms with Gasteiger partial charge in [-0.2, -0.15) is 4.37 Å². The van der Waals surface area contributed by atoms with Crippen LogP contribution in [0.5, 0.6) is 0 Å². The molecule has 0 unspecified atom stereocenters. The summed E-state index contributed by atoms with van der Waals surface area (Å²) in [6.45, 7) is 0. The van der Waals surface area contributed by atoms with Crippen LogP contribution in [0.4, 0.5) is 0 Å². The first-order valence-corrected chi connectivity index (χ1v) is 5.82. The largest absolute Gasteiger partial charge is 0.233 e. The van der Waals surface area contributed by atoms with Gasteiger partial charge < -0.3 is 0 Å². The number of nitrogens with zero attached hydrogens (tertiary/aromatic N) is 3. The molecule has 0 aliphatic heterocycles. The topological polar surface area (TPSA) is 38.7 Å². The molecule has 0 aliphatic rings. The molecule has 3 nitrogen and oxygen atoms in total. The minimum absolute atomic E-state index is 0.463. The van der Waals surface area contributed by atoms with Crippen LogP contribution in [0.3, 0.4) is 0 Å². The molecule has 3 rings (SSSR count). The molecule has 1 aromatic carbocycles. The summed E-state index contributed by atoms with van der Waals surface area (Å²) in [5, 5.41) is 0.463. The molecular weight excluding hydrogens is 242 g/mol. The molecule has 16 heavy (non-hydrogen) atoms. The molecule has 3 aromatic rings. The third kappa shape index (κ3) is 1.47. The summed E-state index contributed by atoms with van der Waals surface area (Å²) in [5.74, 6) is 0. The Morgan fingerprint density at radius 1 is 1.06 bits per heavy atom. The lowest BCUT2D eigenvalue weighted by atomic mass is 10.1. The third-order valence-corrected chi connectivity index (χ3v) is 3.50. The lowest BCUT2D eigenvalue weighted by molar-refractivity contribution is 1.23. The number of aromatic nitrogens is 3. The summed E-state index contributed by atoms with van der Waals surface area (Å²) in [5.41, 5.74) is 2.73. The maximum absolute atomic E-state index is 5.98. The average molecular weight is 248 g/mol. The molecule has 2 aromatic heterocycles. The minimum atomic E-state index is 0.463. The van der Waals surface area contributed by atoms with Crippen molar-refractivity contribution in [2.24, 2.45) is 0 Å². The zero-order valence-corrected chi connectivity index (χ0v) is 9.66. The van der Waals surface area contributed by atoms with Crippen LogP contribution in [0.15, 0.2) is 36.7 Å². The lowest BCUT2D eigenvalue weighted by Crippen LogP contribution is -1.82. The highest BCUT2D eigenvalue weighted by Crippen LogP contribution is 2.31. The van der Waals surface area contributed by atoms with Crippen molar-refractivity contribution in [3.05, 3.63) is 41.8 Å². The first-order valence-electron chi connectivity index (χ1n) is 4.67. The summed E-state index contributed by atoms with van der Waals surface area (Å²) in [7, 11) is 0. The summed E-state index contributed by atoms with van der Waals surface area (Å²) < 4.78 is 5.22. The van der Waals surface area contributed by atoms with Gasteiger partial charge in [0.15, 0.2) is 5.15 Å². The van der Waals surface area contributed by atoms with Crippen molar-refractivity contribution in [2.75, 3.05) is 0 Å². The second-order valence-electron chi connectivity index (χ2n) is 3.24. The quantitative estimate of drug-likeness (QED) is 0.619. The summed E-state index contributed by atoms with van der Waals surface area (Å²) in [4.78, 5) is 8.17. The molecule has 2 heterocycles. The number of rotatable bonds is 1. The van der Waals surface area contributed by atoms with Crippen LogP contribution in [0.2, 0.25) is 5.15 Å². The monoisotopic (exact) mass is 247 g/mol. The Labute approximate surface area is 101 Å². The molecular formula is C11H6ClN3S. The van der Waals surface area contributed by atoms with Crippen LogP contribution in [0.25, 0.3) is 21.5 Å². The molecule has 0 spiro atoms. The van der Waals surface area contributed by atoms with E-state index in [1.807, 2.05) is 30.3 Å². The number of fused-ring (bicyclic) bond motifs is 1. The predicted molar refractivity (Wildman–Crippen MR) is 65.7 cm³/mol. The Hall–Kier alpha value is -1.52. The van der Waals surface area contributed by atoms with Crippen molar-refractivity contribution in [1.82, 2.24) is 14.3 Å². The van der Waals surface area contributed by atoms with Gasteiger partial charge in [0.1, 0.15) is 22.2 Å². The molecule has 78 valence electrons. The van der Waals surface area contributed by atoms with E-state index in [2.05, 4.69) is 14.3 Å². The Morgan fingerprint density at radius 2 is 1.88 bits per heavy atom. The third-order valence-electron chi connectivity index (χ3n) is 2.26. The van der Waals surface area contributed by atoms with Crippen molar-refractivity contribution in [1.29, 1.82) is 0 Å². The molecule has 0 amide bonds. The molecule has 0 aliphatic carbocycles. The fraction of sp³-hybridized carbons (Fsp3) is 0. The summed E-state index contributed by atoms with van der Waals surface area (Å²) in [6, 6.07) is 9.93. The van der Waals surface area contributed by atoms with Crippen molar-refractivity contribution in [2.45, 2.75) is 0 Å². The first kappa shape index (κ1) is 9.69. The van der Waals surface area contributed by atoms with Crippen LogP contribution in [0, 0.1) is 0 Å². The van der Waals surface area contributed by atoms with Gasteiger partial charge in [-0.15, -0.1) is 0 Å². The van der Waals surface area contributed by atoms with E-state index in [0.29, 0.717) is 5.15 Å². The van der Waals surface area contributed by atoms with Crippen LogP contribution >= 0.6 is 23.1 Å². The van der Waals surface area contributed by atoms with Crippen LogP contribution < -0.4 is 0 Å². The fourth-order valence-corrected chi connectivity index (χ4v) is 2.50. The van der Waals surface area contributed by atoms with Gasteiger partial charge in [-0.1, -0.05) is 41.9 Å². The van der Waals surface area contributed by atoms with E-state index in [1.54, 1.807) is 0 Å². The SMILES string of the molecule is Clc1ncnc2c(-c3ccccc3)nsc12. The van der Waals surface area contributed by atoms with E-state index in [0.717, 1.165) is 21.5 Å². The number of benzene rings is 1. The van der Waals surface area contributed by atoms with Gasteiger partial charge in [-0.3, -0.25) is 0 Å². The van der Waals surface area contributed by atoms with Crippen molar-refractivity contribution >= 4 is 33.4 Å². The van der Waals surface area contributed by atoms with E-state index >= 15 is 0 Å². The molecule has 0 saturated heterocycles. The average Bonchev–Trinajstić information content (AvgIpc) is 2.75. The maximum Gasteiger partial charge on any atom is 0.151 e. The zero-order valence-electron chi connectivity index (χ0n) is 8.09. The molecule has 0 bridgehead atoms. The van der Waals surface area contributed by atoms with E-state index in [4.69, 9.17) is 11.6 Å². The summed E-state index contributed by atoms with van der Waals surface area (Å²) in [6.07, 6.45) is 1.46. The lowest BCUT2D eigenvalue weighted by Gasteiger charge is -1.96. The normalized spacial score (nSPS) is 10.8. The van der Waals surface area contributed by atoms with E-state index in [9.17, 15) is 0 Å². The van der Waals surface area contributed by atoms with Gasteiger partial charge in [-0.05, 0) is 11.5 Å². The second-order valence-corrected chi connectivity index (χ2v) is 4.37. The standard InChI is InChI=1S/C11H6ClN3S/c12-11-10-9(13-6-14-11)8(15-16-10)7-4-2-1-3-5-7/h1-6H. The van der Waals surface area contributed by atoms with E-state index < -0.39 is 0 Å². The highest BCUT2D eigenvalue weighted by Gasteiger charge is 2.12. The second kappa shape index (κ2) is 3.81. The molecule has 5 heteroatoms. The van der Waals surface area contributed by atoms with Gasteiger partial charge in [-0.25, -0.2) is 9.97 Å². The van der Waals surface area contributed by atoms with Crippen molar-refractivity contribution in [3.8, 4) is 11.3 Å². The zero-order chi connectivity index (χ0) is 11.0. The smallest absolute Gasteiger partial charge is 0.151 e. The van der Waals surface area contributed by atoms with Gasteiger partial charge in [0.25, 0.3) is 0 Å². The molecule has 0 radical (unpaired) electrons. The number of halogens is 1. The van der Waals surface area contributed by atoms with Crippen LogP contribution in [-0.2, 0) is 0 Å². The van der Waals surface area contributed by atoms with Gasteiger partial charge >= 0.3 is 0 Å². The predicted octanol–water partition coefficient (Wildman–Crippen LogP) is 3.41. The summed E-state index contributed by atoms with van der Waals surface area (Å²) >= 11 is 7.31. The van der Waals surface area contributed by atoms with E-state index in [-0.39, 0.29) is 0 Å². The van der Waals surface area contributed by atoms with Gasteiger partial charge in [0, 0.05) is 5.56 Å². The van der Waals surface area contributed by atoms with Crippen molar-refractivity contribution in [3.63, 3.8) is 0 Å². The van der Waals surface area contributed by atoms with E-state index in [1.165, 1.54) is 17.9 Å². The molecule has 0 N–H and O–H groups in total. The Kier molecular flexibility index (Phi) is 2.31. The molecule has 0 saturated carbocycles. The minimum Gasteiger partial charge on any atom is -0.233 e. The van der Waals surface area contributed by atoms with Crippen molar-refractivity contribution < 1.29 is 0 Å². The Bertz CT molecular complexity index is 636. The first-order chi connectivity index (χ1) is 7.86. The van der Waals surface area contributed by atoms with Gasteiger partial charge in [0.2, 0.25) is 0 Å². The number of hydrogen-bond donors (Lipinski definition) is 0. The number of hydrogen-bond acceptors (Lipinski definition) is 4. The molecule has 0 atom stereocenters.